The van der Waals surface area contributed by atoms with Gasteiger partial charge in [0.1, 0.15) is 0 Å². The Balaban J connectivity index is 3.46. The van der Waals surface area contributed by atoms with E-state index in [1.807, 2.05) is 13.8 Å². The minimum Gasteiger partial charge on any atom is -0.435 e. The van der Waals surface area contributed by atoms with Gasteiger partial charge in [0.2, 0.25) is 0 Å². The molecule has 0 radical (unpaired) electrons. The maximum atomic E-state index is 11.0. The van der Waals surface area contributed by atoms with Gasteiger partial charge in [0, 0.05) is 8.07 Å². The molecule has 0 bridgehead atoms. The molecule has 3 nitrogen and oxygen atoms in total. The van der Waals surface area contributed by atoms with Gasteiger partial charge in [-0.1, -0.05) is 33.5 Å². The molecule has 0 unspecified atom stereocenters. The second kappa shape index (κ2) is 6.06. The van der Waals surface area contributed by atoms with Gasteiger partial charge in [0.25, 0.3) is 0 Å². The average molecular weight is 218 g/mol. The zero-order chi connectivity index (χ0) is 11.2. The summed E-state index contributed by atoms with van der Waals surface area (Å²) in [5, 5.41) is 0. The smallest absolute Gasteiger partial charge is 0.435 e. The van der Waals surface area contributed by atoms with Crippen LogP contribution in [0.1, 0.15) is 13.8 Å². The molecule has 0 aromatic carbocycles. The maximum Gasteiger partial charge on any atom is 0.508 e. The molecule has 14 heavy (non-hydrogen) atoms. The van der Waals surface area contributed by atoms with Crippen LogP contribution in [0.2, 0.25) is 25.7 Å². The first-order valence-corrected chi connectivity index (χ1v) is 8.81. The molecule has 0 aromatic heterocycles. The van der Waals surface area contributed by atoms with Crippen LogP contribution < -0.4 is 0 Å². The molecule has 0 aliphatic heterocycles. The highest BCUT2D eigenvalue weighted by Gasteiger charge is 2.14. The molecule has 0 aliphatic carbocycles. The molecule has 0 aliphatic rings. The summed E-state index contributed by atoms with van der Waals surface area (Å²) in [5.74, 6) is 0.361. The van der Waals surface area contributed by atoms with E-state index >= 15 is 0 Å². The maximum absolute atomic E-state index is 11.0. The molecule has 0 atom stereocenters. The van der Waals surface area contributed by atoms with Crippen molar-refractivity contribution in [3.8, 4) is 0 Å². The Morgan fingerprint density at radius 2 is 1.79 bits per heavy atom. The van der Waals surface area contributed by atoms with Crippen LogP contribution in [0.15, 0.2) is 0 Å². The summed E-state index contributed by atoms with van der Waals surface area (Å²) in [5.41, 5.74) is 0. The van der Waals surface area contributed by atoms with Gasteiger partial charge in [0.05, 0.1) is 13.2 Å². The highest BCUT2D eigenvalue weighted by molar-refractivity contribution is 6.76. The van der Waals surface area contributed by atoms with Crippen LogP contribution >= 0.6 is 0 Å². The molecular weight excluding hydrogens is 196 g/mol. The van der Waals surface area contributed by atoms with Gasteiger partial charge in [-0.2, -0.15) is 0 Å². The lowest BCUT2D eigenvalue weighted by Crippen LogP contribution is -2.23. The van der Waals surface area contributed by atoms with Crippen LogP contribution in [-0.4, -0.2) is 27.4 Å². The number of hydrogen-bond donors (Lipinski definition) is 0. The van der Waals surface area contributed by atoms with Crippen molar-refractivity contribution < 1.29 is 14.3 Å². The summed E-state index contributed by atoms with van der Waals surface area (Å²) in [6.07, 6.45) is -0.531. The van der Waals surface area contributed by atoms with E-state index in [9.17, 15) is 4.79 Å². The van der Waals surface area contributed by atoms with E-state index in [0.717, 1.165) is 6.04 Å². The quantitative estimate of drug-likeness (QED) is 0.525. The van der Waals surface area contributed by atoms with Crippen molar-refractivity contribution in [2.75, 3.05) is 13.2 Å². The number of carbonyl (C=O) groups is 1. The molecular formula is C10H22O3Si. The largest absolute Gasteiger partial charge is 0.508 e. The van der Waals surface area contributed by atoms with Gasteiger partial charge in [-0.05, 0) is 12.0 Å². The van der Waals surface area contributed by atoms with Crippen LogP contribution in [0.5, 0.6) is 0 Å². The fourth-order valence-electron chi connectivity index (χ4n) is 0.717. The first-order chi connectivity index (χ1) is 6.31. The van der Waals surface area contributed by atoms with Crippen molar-refractivity contribution in [2.45, 2.75) is 39.5 Å². The van der Waals surface area contributed by atoms with Crippen molar-refractivity contribution in [3.05, 3.63) is 0 Å². The summed E-state index contributed by atoms with van der Waals surface area (Å²) in [6, 6.07) is 0.990. The van der Waals surface area contributed by atoms with Crippen LogP contribution in [0.3, 0.4) is 0 Å². The zero-order valence-corrected chi connectivity index (χ0v) is 10.9. The number of rotatable bonds is 5. The number of ether oxygens (including phenoxy) is 2. The lowest BCUT2D eigenvalue weighted by atomic mass is 10.2. The zero-order valence-electron chi connectivity index (χ0n) is 9.92. The molecule has 84 valence electrons. The Morgan fingerprint density at radius 3 is 2.21 bits per heavy atom. The van der Waals surface area contributed by atoms with Gasteiger partial charge in [-0.15, -0.1) is 0 Å². The fourth-order valence-corrected chi connectivity index (χ4v) is 1.43. The minimum atomic E-state index is -1.10. The molecule has 0 saturated heterocycles. The second-order valence-corrected chi connectivity index (χ2v) is 10.7. The van der Waals surface area contributed by atoms with E-state index in [1.165, 1.54) is 0 Å². The summed E-state index contributed by atoms with van der Waals surface area (Å²) in [6.45, 7) is 11.7. The van der Waals surface area contributed by atoms with Gasteiger partial charge in [-0.25, -0.2) is 4.79 Å². The third-order valence-corrected chi connectivity index (χ3v) is 3.31. The van der Waals surface area contributed by atoms with Crippen LogP contribution in [-0.2, 0) is 9.47 Å². The van der Waals surface area contributed by atoms with Crippen molar-refractivity contribution in [2.24, 2.45) is 5.92 Å². The van der Waals surface area contributed by atoms with Crippen molar-refractivity contribution >= 4 is 14.2 Å². The Hall–Kier alpha value is -0.513. The normalized spacial score (nSPS) is 11.6. The Bertz CT molecular complexity index is 173. The SMILES string of the molecule is CC(C)COC(=O)OCC[Si](C)(C)C. The third kappa shape index (κ3) is 9.57. The van der Waals surface area contributed by atoms with E-state index in [1.54, 1.807) is 0 Å². The molecule has 0 N–H and O–H groups in total. The standard InChI is InChI=1S/C10H22O3Si/c1-9(2)8-13-10(11)12-6-7-14(3,4)5/h9H,6-8H2,1-5H3. The second-order valence-electron chi connectivity index (χ2n) is 5.11. The summed E-state index contributed by atoms with van der Waals surface area (Å²) >= 11 is 0. The molecule has 0 heterocycles. The van der Waals surface area contributed by atoms with E-state index in [4.69, 9.17) is 9.47 Å². The predicted octanol–water partition coefficient (Wildman–Crippen LogP) is 3.13. The Morgan fingerprint density at radius 1 is 1.21 bits per heavy atom. The Labute approximate surface area is 87.8 Å². The lowest BCUT2D eigenvalue weighted by molar-refractivity contribution is 0.0509. The van der Waals surface area contributed by atoms with Crippen LogP contribution in [0.4, 0.5) is 4.79 Å². The summed E-state index contributed by atoms with van der Waals surface area (Å²) in [4.78, 5) is 11.0. The third-order valence-electron chi connectivity index (χ3n) is 1.61. The van der Waals surface area contributed by atoms with Crippen LogP contribution in [0, 0.1) is 5.92 Å². The molecule has 0 saturated carbocycles. The fraction of sp³-hybridized carbons (Fsp3) is 0.900. The average Bonchev–Trinajstić information content (AvgIpc) is 1.98. The van der Waals surface area contributed by atoms with E-state index in [-0.39, 0.29) is 0 Å². The first-order valence-electron chi connectivity index (χ1n) is 5.11. The molecule has 4 heteroatoms. The van der Waals surface area contributed by atoms with Crippen LogP contribution in [0.25, 0.3) is 0 Å². The van der Waals surface area contributed by atoms with Crippen molar-refractivity contribution in [3.63, 3.8) is 0 Å². The topological polar surface area (TPSA) is 35.5 Å². The highest BCUT2D eigenvalue weighted by atomic mass is 28.3. The summed E-state index contributed by atoms with van der Waals surface area (Å²) in [7, 11) is -1.10. The van der Waals surface area contributed by atoms with Crippen molar-refractivity contribution in [1.82, 2.24) is 0 Å². The van der Waals surface area contributed by atoms with Gasteiger partial charge >= 0.3 is 6.16 Å². The number of hydrogen-bond acceptors (Lipinski definition) is 3. The number of carbonyl (C=O) groups excluding carboxylic acids is 1. The highest BCUT2D eigenvalue weighted by Crippen LogP contribution is 2.07. The Kier molecular flexibility index (Phi) is 5.84. The lowest BCUT2D eigenvalue weighted by Gasteiger charge is -2.15. The monoisotopic (exact) mass is 218 g/mol. The molecule has 0 rings (SSSR count). The molecule has 0 aromatic rings. The predicted molar refractivity (Wildman–Crippen MR) is 60.3 cm³/mol. The molecule has 0 fully saturated rings. The van der Waals surface area contributed by atoms with E-state index in [2.05, 4.69) is 19.6 Å². The van der Waals surface area contributed by atoms with Gasteiger partial charge in [-0.3, -0.25) is 0 Å². The molecule has 0 amide bonds. The first kappa shape index (κ1) is 13.5. The minimum absolute atomic E-state index is 0.361. The van der Waals surface area contributed by atoms with Gasteiger partial charge < -0.3 is 9.47 Å². The van der Waals surface area contributed by atoms with E-state index in [0.29, 0.717) is 19.1 Å². The molecule has 0 spiro atoms. The summed E-state index contributed by atoms with van der Waals surface area (Å²) < 4.78 is 9.81. The van der Waals surface area contributed by atoms with Crippen molar-refractivity contribution in [1.29, 1.82) is 0 Å². The van der Waals surface area contributed by atoms with E-state index < -0.39 is 14.2 Å². The van der Waals surface area contributed by atoms with Gasteiger partial charge in [0.15, 0.2) is 0 Å².